The maximum Gasteiger partial charge on any atom is 0.238 e. The van der Waals surface area contributed by atoms with Crippen molar-refractivity contribution < 1.29 is 14.3 Å². The SMILES string of the molecule is CC(=O)c1cccc(NC(=O)CNCCN2CCOCC2)c1. The summed E-state index contributed by atoms with van der Waals surface area (Å²) in [5.41, 5.74) is 1.24. The van der Waals surface area contributed by atoms with E-state index < -0.39 is 0 Å². The van der Waals surface area contributed by atoms with Crippen LogP contribution in [-0.4, -0.2) is 62.5 Å². The van der Waals surface area contributed by atoms with E-state index in [4.69, 9.17) is 4.74 Å². The smallest absolute Gasteiger partial charge is 0.238 e. The van der Waals surface area contributed by atoms with Gasteiger partial charge in [-0.2, -0.15) is 0 Å². The van der Waals surface area contributed by atoms with Gasteiger partial charge >= 0.3 is 0 Å². The van der Waals surface area contributed by atoms with Crippen molar-refractivity contribution in [1.82, 2.24) is 10.2 Å². The zero-order valence-electron chi connectivity index (χ0n) is 12.9. The summed E-state index contributed by atoms with van der Waals surface area (Å²) >= 11 is 0. The number of hydrogen-bond donors (Lipinski definition) is 2. The molecule has 1 aromatic carbocycles. The van der Waals surface area contributed by atoms with Crippen molar-refractivity contribution in [1.29, 1.82) is 0 Å². The molecule has 120 valence electrons. The van der Waals surface area contributed by atoms with E-state index in [-0.39, 0.29) is 18.2 Å². The van der Waals surface area contributed by atoms with Crippen LogP contribution in [0.2, 0.25) is 0 Å². The highest BCUT2D eigenvalue weighted by atomic mass is 16.5. The summed E-state index contributed by atoms with van der Waals surface area (Å²) in [5, 5.41) is 5.92. The fraction of sp³-hybridized carbons (Fsp3) is 0.500. The molecule has 1 amide bonds. The lowest BCUT2D eigenvalue weighted by molar-refractivity contribution is -0.115. The van der Waals surface area contributed by atoms with Crippen LogP contribution in [0.3, 0.4) is 0 Å². The van der Waals surface area contributed by atoms with Crippen molar-refractivity contribution in [2.24, 2.45) is 0 Å². The molecule has 6 nitrogen and oxygen atoms in total. The first-order valence-electron chi connectivity index (χ1n) is 7.57. The van der Waals surface area contributed by atoms with E-state index >= 15 is 0 Å². The topological polar surface area (TPSA) is 70.7 Å². The molecule has 2 rings (SSSR count). The third-order valence-electron chi connectivity index (χ3n) is 3.55. The number of benzene rings is 1. The van der Waals surface area contributed by atoms with Crippen molar-refractivity contribution in [2.75, 3.05) is 51.3 Å². The van der Waals surface area contributed by atoms with Gasteiger partial charge in [-0.1, -0.05) is 12.1 Å². The van der Waals surface area contributed by atoms with E-state index in [1.807, 2.05) is 0 Å². The van der Waals surface area contributed by atoms with Crippen LogP contribution < -0.4 is 10.6 Å². The van der Waals surface area contributed by atoms with Crippen molar-refractivity contribution in [3.63, 3.8) is 0 Å². The standard InChI is InChI=1S/C16H23N3O3/c1-13(20)14-3-2-4-15(11-14)18-16(21)12-17-5-6-19-7-9-22-10-8-19/h2-4,11,17H,5-10,12H2,1H3,(H,18,21). The Kier molecular flexibility index (Phi) is 6.51. The van der Waals surface area contributed by atoms with Gasteiger partial charge < -0.3 is 15.4 Å². The molecule has 0 atom stereocenters. The van der Waals surface area contributed by atoms with E-state index in [1.165, 1.54) is 6.92 Å². The van der Waals surface area contributed by atoms with Gasteiger partial charge in [-0.15, -0.1) is 0 Å². The highest BCUT2D eigenvalue weighted by Gasteiger charge is 2.09. The molecule has 0 aromatic heterocycles. The number of nitrogens with zero attached hydrogens (tertiary/aromatic N) is 1. The monoisotopic (exact) mass is 305 g/mol. The van der Waals surface area contributed by atoms with Gasteiger partial charge in [0.25, 0.3) is 0 Å². The molecule has 2 N–H and O–H groups in total. The third kappa shape index (κ3) is 5.55. The van der Waals surface area contributed by atoms with Crippen LogP contribution in [-0.2, 0) is 9.53 Å². The normalized spacial score (nSPS) is 15.5. The van der Waals surface area contributed by atoms with Gasteiger partial charge in [0.05, 0.1) is 19.8 Å². The zero-order chi connectivity index (χ0) is 15.8. The number of anilines is 1. The summed E-state index contributed by atoms with van der Waals surface area (Å²) in [6.45, 7) is 6.91. The van der Waals surface area contributed by atoms with Crippen molar-refractivity contribution in [2.45, 2.75) is 6.92 Å². The molecule has 1 aliphatic rings. The minimum absolute atomic E-state index is 0.0141. The van der Waals surface area contributed by atoms with Crippen LogP contribution in [0.1, 0.15) is 17.3 Å². The molecule has 1 aromatic rings. The number of ether oxygens (including phenoxy) is 1. The van der Waals surface area contributed by atoms with Gasteiger partial charge in [-0.3, -0.25) is 14.5 Å². The Bertz CT molecular complexity index is 513. The van der Waals surface area contributed by atoms with Crippen LogP contribution >= 0.6 is 0 Å². The summed E-state index contributed by atoms with van der Waals surface area (Å²) in [6.07, 6.45) is 0. The molecule has 1 fully saturated rings. The summed E-state index contributed by atoms with van der Waals surface area (Å²) in [5.74, 6) is -0.123. The first-order valence-corrected chi connectivity index (χ1v) is 7.57. The van der Waals surface area contributed by atoms with E-state index in [9.17, 15) is 9.59 Å². The Labute approximate surface area is 130 Å². The molecule has 0 spiro atoms. The van der Waals surface area contributed by atoms with Crippen LogP contribution in [0.25, 0.3) is 0 Å². The summed E-state index contributed by atoms with van der Waals surface area (Å²) in [6, 6.07) is 6.96. The molecule has 0 bridgehead atoms. The number of ketones is 1. The molecule has 0 saturated carbocycles. The van der Waals surface area contributed by atoms with Crippen molar-refractivity contribution >= 4 is 17.4 Å². The average Bonchev–Trinajstić information content (AvgIpc) is 2.53. The maximum atomic E-state index is 11.9. The van der Waals surface area contributed by atoms with E-state index in [2.05, 4.69) is 15.5 Å². The van der Waals surface area contributed by atoms with E-state index in [0.29, 0.717) is 11.3 Å². The zero-order valence-corrected chi connectivity index (χ0v) is 12.9. The first kappa shape index (κ1) is 16.6. The molecule has 0 radical (unpaired) electrons. The maximum absolute atomic E-state index is 11.9. The average molecular weight is 305 g/mol. The number of nitrogens with one attached hydrogen (secondary N) is 2. The summed E-state index contributed by atoms with van der Waals surface area (Å²) in [4.78, 5) is 25.5. The Morgan fingerprint density at radius 3 is 2.77 bits per heavy atom. The second kappa shape index (κ2) is 8.63. The van der Waals surface area contributed by atoms with Crippen LogP contribution in [0, 0.1) is 0 Å². The fourth-order valence-electron chi connectivity index (χ4n) is 2.28. The number of hydrogen-bond acceptors (Lipinski definition) is 5. The van der Waals surface area contributed by atoms with Crippen LogP contribution in [0.4, 0.5) is 5.69 Å². The Morgan fingerprint density at radius 1 is 1.27 bits per heavy atom. The largest absolute Gasteiger partial charge is 0.379 e. The summed E-state index contributed by atoms with van der Waals surface area (Å²) < 4.78 is 5.29. The van der Waals surface area contributed by atoms with Gasteiger partial charge in [0, 0.05) is 37.4 Å². The first-order chi connectivity index (χ1) is 10.6. The number of rotatable bonds is 7. The van der Waals surface area contributed by atoms with Crippen LogP contribution in [0.15, 0.2) is 24.3 Å². The Balaban J connectivity index is 1.67. The number of Topliss-reactive ketones (excluding diaryl/α,β-unsaturated/α-hetero) is 1. The molecule has 1 aliphatic heterocycles. The molecule has 1 saturated heterocycles. The predicted octanol–water partition coefficient (Wildman–Crippen LogP) is 0.750. The molecular formula is C16H23N3O3. The quantitative estimate of drug-likeness (QED) is 0.574. The lowest BCUT2D eigenvalue weighted by Gasteiger charge is -2.26. The van der Waals surface area contributed by atoms with Gasteiger partial charge in [-0.25, -0.2) is 0 Å². The van der Waals surface area contributed by atoms with Crippen molar-refractivity contribution in [3.8, 4) is 0 Å². The minimum atomic E-state index is -0.109. The highest BCUT2D eigenvalue weighted by molar-refractivity contribution is 5.97. The van der Waals surface area contributed by atoms with Gasteiger partial charge in [0.15, 0.2) is 5.78 Å². The fourth-order valence-corrected chi connectivity index (χ4v) is 2.28. The van der Waals surface area contributed by atoms with Crippen molar-refractivity contribution in [3.05, 3.63) is 29.8 Å². The predicted molar refractivity (Wildman–Crippen MR) is 85.2 cm³/mol. The second-order valence-electron chi connectivity index (χ2n) is 5.32. The highest BCUT2D eigenvalue weighted by Crippen LogP contribution is 2.10. The lowest BCUT2D eigenvalue weighted by atomic mass is 10.1. The molecule has 1 heterocycles. The van der Waals surface area contributed by atoms with Gasteiger partial charge in [-0.05, 0) is 19.1 Å². The molecule has 22 heavy (non-hydrogen) atoms. The van der Waals surface area contributed by atoms with Gasteiger partial charge in [0.1, 0.15) is 0 Å². The van der Waals surface area contributed by atoms with Gasteiger partial charge in [0.2, 0.25) is 5.91 Å². The Morgan fingerprint density at radius 2 is 2.05 bits per heavy atom. The Hall–Kier alpha value is -1.76. The minimum Gasteiger partial charge on any atom is -0.379 e. The molecule has 6 heteroatoms. The van der Waals surface area contributed by atoms with Crippen LogP contribution in [0.5, 0.6) is 0 Å². The molecule has 0 aliphatic carbocycles. The number of carbonyl (C=O) groups excluding carboxylic acids is 2. The molecular weight excluding hydrogens is 282 g/mol. The van der Waals surface area contributed by atoms with E-state index in [1.54, 1.807) is 24.3 Å². The number of amides is 1. The number of carbonyl (C=O) groups is 2. The second-order valence-corrected chi connectivity index (χ2v) is 5.32. The lowest BCUT2D eigenvalue weighted by Crippen LogP contribution is -2.41. The number of morpholine rings is 1. The van der Waals surface area contributed by atoms with E-state index in [0.717, 1.165) is 39.4 Å². The molecule has 0 unspecified atom stereocenters. The summed E-state index contributed by atoms with van der Waals surface area (Å²) in [7, 11) is 0. The third-order valence-corrected chi connectivity index (χ3v) is 3.55.